The lowest BCUT2D eigenvalue weighted by molar-refractivity contribution is 0.0601. The van der Waals surface area contributed by atoms with Crippen LogP contribution < -0.4 is 10.6 Å². The first kappa shape index (κ1) is 18.0. The predicted molar refractivity (Wildman–Crippen MR) is 107 cm³/mol. The van der Waals surface area contributed by atoms with Gasteiger partial charge in [-0.25, -0.2) is 4.79 Å². The first-order chi connectivity index (χ1) is 13.1. The predicted octanol–water partition coefficient (Wildman–Crippen LogP) is 4.36. The van der Waals surface area contributed by atoms with E-state index in [1.54, 1.807) is 24.3 Å². The number of benzene rings is 3. The number of nitriles is 1. The van der Waals surface area contributed by atoms with Crippen LogP contribution in [0.25, 0.3) is 11.1 Å². The molecule has 0 saturated carbocycles. The number of anilines is 3. The number of methoxy groups -OCH3 is 1. The Morgan fingerprint density at radius 3 is 2.41 bits per heavy atom. The number of carbonyl (C=O) groups is 1. The van der Waals surface area contributed by atoms with E-state index >= 15 is 0 Å². The van der Waals surface area contributed by atoms with E-state index in [-0.39, 0.29) is 0 Å². The monoisotopic (exact) mass is 357 g/mol. The normalized spacial score (nSPS) is 10.1. The summed E-state index contributed by atoms with van der Waals surface area (Å²) in [5.41, 5.74) is 10.9. The molecular formula is C22H19N3O2. The number of nitrogen functional groups attached to an aromatic ring is 1. The standard InChI is InChI=1S/C22H19N3O2/c1-25(21-19(22(26)27-2)8-5-9-20(21)24)17-12-10-15(11-13-17)18-7-4-3-6-16(18)14-23/h3-13H,24H2,1-2H3. The maximum atomic E-state index is 12.1. The van der Waals surface area contributed by atoms with Crippen LogP contribution in [-0.4, -0.2) is 20.1 Å². The van der Waals surface area contributed by atoms with E-state index in [4.69, 9.17) is 10.5 Å². The van der Waals surface area contributed by atoms with E-state index in [0.717, 1.165) is 16.8 Å². The molecule has 0 radical (unpaired) electrons. The average Bonchev–Trinajstić information content (AvgIpc) is 2.72. The molecule has 5 nitrogen and oxygen atoms in total. The van der Waals surface area contributed by atoms with E-state index in [9.17, 15) is 10.1 Å². The molecule has 0 aliphatic heterocycles. The van der Waals surface area contributed by atoms with Crippen molar-refractivity contribution in [2.24, 2.45) is 0 Å². The molecule has 0 spiro atoms. The molecular weight excluding hydrogens is 338 g/mol. The van der Waals surface area contributed by atoms with Crippen molar-refractivity contribution in [1.82, 2.24) is 0 Å². The van der Waals surface area contributed by atoms with Gasteiger partial charge in [0.1, 0.15) is 0 Å². The molecule has 0 fully saturated rings. The summed E-state index contributed by atoms with van der Waals surface area (Å²) in [6.07, 6.45) is 0. The van der Waals surface area contributed by atoms with Crippen LogP contribution in [0, 0.1) is 11.3 Å². The van der Waals surface area contributed by atoms with Gasteiger partial charge in [-0.1, -0.05) is 36.4 Å². The minimum atomic E-state index is -0.441. The van der Waals surface area contributed by atoms with E-state index in [1.165, 1.54) is 7.11 Å². The average molecular weight is 357 g/mol. The third-order valence-corrected chi connectivity index (χ3v) is 4.42. The number of para-hydroxylation sites is 1. The second-order valence-electron chi connectivity index (χ2n) is 6.00. The number of hydrogen-bond donors (Lipinski definition) is 1. The molecule has 0 aromatic heterocycles. The van der Waals surface area contributed by atoms with E-state index in [0.29, 0.717) is 22.5 Å². The quantitative estimate of drug-likeness (QED) is 0.554. The van der Waals surface area contributed by atoms with Gasteiger partial charge < -0.3 is 15.4 Å². The minimum Gasteiger partial charge on any atom is -0.465 e. The zero-order valence-electron chi connectivity index (χ0n) is 15.1. The fourth-order valence-electron chi connectivity index (χ4n) is 3.04. The molecule has 5 heteroatoms. The number of hydrogen-bond acceptors (Lipinski definition) is 5. The summed E-state index contributed by atoms with van der Waals surface area (Å²) >= 11 is 0. The van der Waals surface area contributed by atoms with Gasteiger partial charge in [0.2, 0.25) is 0 Å². The lowest BCUT2D eigenvalue weighted by Crippen LogP contribution is -2.16. The van der Waals surface area contributed by atoms with Gasteiger partial charge in [-0.3, -0.25) is 0 Å². The maximum Gasteiger partial charge on any atom is 0.340 e. The van der Waals surface area contributed by atoms with Crippen LogP contribution >= 0.6 is 0 Å². The molecule has 3 aromatic carbocycles. The van der Waals surface area contributed by atoms with Crippen LogP contribution in [0.3, 0.4) is 0 Å². The molecule has 2 N–H and O–H groups in total. The van der Waals surface area contributed by atoms with Crippen molar-refractivity contribution in [1.29, 1.82) is 5.26 Å². The largest absolute Gasteiger partial charge is 0.465 e. The SMILES string of the molecule is COC(=O)c1cccc(N)c1N(C)c1ccc(-c2ccccc2C#N)cc1. The van der Waals surface area contributed by atoms with Crippen LogP contribution in [0.2, 0.25) is 0 Å². The summed E-state index contributed by atoms with van der Waals surface area (Å²) in [5, 5.41) is 9.29. The Bertz CT molecular complexity index is 1020. The van der Waals surface area contributed by atoms with Gasteiger partial charge in [-0.05, 0) is 41.5 Å². The van der Waals surface area contributed by atoms with Gasteiger partial charge in [-0.15, -0.1) is 0 Å². The summed E-state index contributed by atoms with van der Waals surface area (Å²) in [4.78, 5) is 13.9. The molecule has 0 amide bonds. The molecule has 3 aromatic rings. The minimum absolute atomic E-state index is 0.402. The highest BCUT2D eigenvalue weighted by molar-refractivity contribution is 6.00. The zero-order valence-corrected chi connectivity index (χ0v) is 15.1. The fraction of sp³-hybridized carbons (Fsp3) is 0.0909. The lowest BCUT2D eigenvalue weighted by Gasteiger charge is -2.24. The molecule has 0 aliphatic rings. The summed E-state index contributed by atoms with van der Waals surface area (Å²) < 4.78 is 4.87. The van der Waals surface area contributed by atoms with Gasteiger partial charge in [0.05, 0.1) is 35.7 Å². The smallest absolute Gasteiger partial charge is 0.340 e. The van der Waals surface area contributed by atoms with Gasteiger partial charge in [-0.2, -0.15) is 5.26 Å². The summed E-state index contributed by atoms with van der Waals surface area (Å²) in [5.74, 6) is -0.441. The van der Waals surface area contributed by atoms with Crippen LogP contribution in [-0.2, 0) is 4.74 Å². The van der Waals surface area contributed by atoms with Crippen molar-refractivity contribution in [3.05, 3.63) is 77.9 Å². The van der Waals surface area contributed by atoms with Crippen molar-refractivity contribution in [2.75, 3.05) is 24.8 Å². The highest BCUT2D eigenvalue weighted by Crippen LogP contribution is 2.34. The molecule has 0 saturated heterocycles. The van der Waals surface area contributed by atoms with Gasteiger partial charge >= 0.3 is 5.97 Å². The Morgan fingerprint density at radius 1 is 1.04 bits per heavy atom. The summed E-state index contributed by atoms with van der Waals surface area (Å²) in [6, 6.07) is 22.6. The number of nitrogens with two attached hydrogens (primary N) is 1. The Kier molecular flexibility index (Phi) is 5.09. The third-order valence-electron chi connectivity index (χ3n) is 4.42. The van der Waals surface area contributed by atoms with Gasteiger partial charge in [0.15, 0.2) is 0 Å². The number of esters is 1. The lowest BCUT2D eigenvalue weighted by atomic mass is 10.00. The number of carbonyl (C=O) groups excluding carboxylic acids is 1. The Balaban J connectivity index is 2.00. The molecule has 27 heavy (non-hydrogen) atoms. The molecule has 0 unspecified atom stereocenters. The fourth-order valence-corrected chi connectivity index (χ4v) is 3.04. The number of ether oxygens (including phenoxy) is 1. The first-order valence-corrected chi connectivity index (χ1v) is 8.37. The molecule has 0 atom stereocenters. The maximum absolute atomic E-state index is 12.1. The summed E-state index contributed by atoms with van der Waals surface area (Å²) in [6.45, 7) is 0. The van der Waals surface area contributed by atoms with E-state index in [2.05, 4.69) is 6.07 Å². The Labute approximate surface area is 158 Å². The number of rotatable bonds is 4. The Hall–Kier alpha value is -3.78. The van der Waals surface area contributed by atoms with Crippen LogP contribution in [0.1, 0.15) is 15.9 Å². The van der Waals surface area contributed by atoms with Gasteiger partial charge in [0, 0.05) is 12.7 Å². The van der Waals surface area contributed by atoms with Crippen LogP contribution in [0.5, 0.6) is 0 Å². The molecule has 0 aliphatic carbocycles. The topological polar surface area (TPSA) is 79.3 Å². The molecule has 134 valence electrons. The van der Waals surface area contributed by atoms with Crippen molar-refractivity contribution >= 4 is 23.0 Å². The highest BCUT2D eigenvalue weighted by atomic mass is 16.5. The van der Waals surface area contributed by atoms with Gasteiger partial charge in [0.25, 0.3) is 0 Å². The number of nitrogens with zero attached hydrogens (tertiary/aromatic N) is 2. The van der Waals surface area contributed by atoms with Crippen LogP contribution in [0.15, 0.2) is 66.7 Å². The second kappa shape index (κ2) is 7.63. The summed E-state index contributed by atoms with van der Waals surface area (Å²) in [7, 11) is 3.19. The van der Waals surface area contributed by atoms with Crippen LogP contribution in [0.4, 0.5) is 17.1 Å². The van der Waals surface area contributed by atoms with Crippen molar-refractivity contribution in [3.8, 4) is 17.2 Å². The second-order valence-corrected chi connectivity index (χ2v) is 6.00. The van der Waals surface area contributed by atoms with Crippen molar-refractivity contribution in [2.45, 2.75) is 0 Å². The Morgan fingerprint density at radius 2 is 1.74 bits per heavy atom. The van der Waals surface area contributed by atoms with E-state index < -0.39 is 5.97 Å². The first-order valence-electron chi connectivity index (χ1n) is 8.37. The zero-order chi connectivity index (χ0) is 19.4. The molecule has 3 rings (SSSR count). The van der Waals surface area contributed by atoms with E-state index in [1.807, 2.05) is 54.4 Å². The van der Waals surface area contributed by atoms with Crippen molar-refractivity contribution < 1.29 is 9.53 Å². The highest BCUT2D eigenvalue weighted by Gasteiger charge is 2.18. The molecule has 0 heterocycles. The van der Waals surface area contributed by atoms with Crippen molar-refractivity contribution in [3.63, 3.8) is 0 Å². The third kappa shape index (κ3) is 3.46. The molecule has 0 bridgehead atoms.